The lowest BCUT2D eigenvalue weighted by atomic mass is 10.00. The van der Waals surface area contributed by atoms with Gasteiger partial charge in [-0.05, 0) is 19.0 Å². The van der Waals surface area contributed by atoms with Gasteiger partial charge in [0.1, 0.15) is 5.15 Å². The highest BCUT2D eigenvalue weighted by atomic mass is 35.5. The van der Waals surface area contributed by atoms with Crippen LogP contribution in [-0.4, -0.2) is 11.5 Å². The normalized spacial score (nSPS) is 21.9. The zero-order valence-electron chi connectivity index (χ0n) is 6.43. The summed E-state index contributed by atoms with van der Waals surface area (Å²) >= 11 is 5.84. The number of nitrogens with one attached hydrogen (secondary N) is 2. The van der Waals surface area contributed by atoms with Gasteiger partial charge in [-0.3, -0.25) is 4.79 Å². The van der Waals surface area contributed by atoms with Crippen LogP contribution >= 0.6 is 11.6 Å². The number of rotatable bonds is 1. The van der Waals surface area contributed by atoms with Gasteiger partial charge < -0.3 is 10.3 Å². The molecule has 0 amide bonds. The molecule has 12 heavy (non-hydrogen) atoms. The summed E-state index contributed by atoms with van der Waals surface area (Å²) in [5.74, 6) is 0. The van der Waals surface area contributed by atoms with E-state index in [1.165, 1.54) is 6.07 Å². The highest BCUT2D eigenvalue weighted by Gasteiger charge is 2.20. The molecule has 1 fully saturated rings. The van der Waals surface area contributed by atoms with E-state index in [1.54, 1.807) is 6.07 Å². The van der Waals surface area contributed by atoms with E-state index < -0.39 is 0 Å². The van der Waals surface area contributed by atoms with Crippen molar-refractivity contribution >= 4 is 11.6 Å². The van der Waals surface area contributed by atoms with Gasteiger partial charge in [-0.15, -0.1) is 0 Å². The first-order chi connectivity index (χ1) is 5.77. The van der Waals surface area contributed by atoms with E-state index >= 15 is 0 Å². The Morgan fingerprint density at radius 2 is 2.25 bits per heavy atom. The molecule has 3 nitrogen and oxygen atoms in total. The smallest absolute Gasteiger partial charge is 0.249 e. The van der Waals surface area contributed by atoms with Crippen molar-refractivity contribution in [3.63, 3.8) is 0 Å². The zero-order chi connectivity index (χ0) is 8.55. The van der Waals surface area contributed by atoms with E-state index in [9.17, 15) is 4.79 Å². The van der Waals surface area contributed by atoms with Gasteiger partial charge in [0.25, 0.3) is 0 Å². The van der Waals surface area contributed by atoms with Crippen LogP contribution in [0.5, 0.6) is 0 Å². The Morgan fingerprint density at radius 1 is 1.50 bits per heavy atom. The number of hydrogen-bond acceptors (Lipinski definition) is 2. The molecule has 0 spiro atoms. The Balaban J connectivity index is 2.37. The molecule has 2 rings (SSSR count). The van der Waals surface area contributed by atoms with Gasteiger partial charge in [-0.1, -0.05) is 11.6 Å². The molecular weight excluding hydrogens is 176 g/mol. The number of halogens is 1. The first-order valence-corrected chi connectivity index (χ1v) is 4.27. The van der Waals surface area contributed by atoms with Gasteiger partial charge in [0.05, 0.1) is 0 Å². The highest BCUT2D eigenvalue weighted by Crippen LogP contribution is 2.26. The Bertz CT molecular complexity index is 343. The minimum absolute atomic E-state index is 0.150. The van der Waals surface area contributed by atoms with E-state index in [-0.39, 0.29) is 5.56 Å². The maximum Gasteiger partial charge on any atom is 0.249 e. The molecule has 1 aliphatic heterocycles. The summed E-state index contributed by atoms with van der Waals surface area (Å²) in [6.07, 6.45) is 1.09. The fourth-order valence-electron chi connectivity index (χ4n) is 1.28. The molecule has 1 aromatic heterocycles. The molecule has 64 valence electrons. The number of hydrogen-bond donors (Lipinski definition) is 2. The van der Waals surface area contributed by atoms with Gasteiger partial charge in [-0.2, -0.15) is 0 Å². The molecule has 1 aliphatic rings. The van der Waals surface area contributed by atoms with Gasteiger partial charge in [-0.25, -0.2) is 0 Å². The lowest BCUT2D eigenvalue weighted by Crippen LogP contribution is -2.35. The van der Waals surface area contributed by atoms with E-state index in [1.807, 2.05) is 0 Å². The second-order valence-corrected chi connectivity index (χ2v) is 3.27. The van der Waals surface area contributed by atoms with E-state index in [4.69, 9.17) is 11.6 Å². The minimum atomic E-state index is -0.150. The first-order valence-electron chi connectivity index (χ1n) is 3.89. The van der Waals surface area contributed by atoms with E-state index in [0.29, 0.717) is 11.2 Å². The molecule has 1 aromatic rings. The molecule has 0 radical (unpaired) electrons. The molecule has 1 atom stereocenters. The van der Waals surface area contributed by atoms with Crippen molar-refractivity contribution in [2.75, 3.05) is 6.54 Å². The van der Waals surface area contributed by atoms with Crippen molar-refractivity contribution in [2.24, 2.45) is 0 Å². The second kappa shape index (κ2) is 2.92. The maximum absolute atomic E-state index is 10.8. The SMILES string of the molecule is O=c1ccc([C@H]2CCN2)c(Cl)[nH]1. The van der Waals surface area contributed by atoms with Crippen LogP contribution in [-0.2, 0) is 0 Å². The Labute approximate surface area is 74.8 Å². The molecule has 1 saturated heterocycles. The number of aromatic amines is 1. The number of H-pyrrole nitrogens is 1. The third-order valence-corrected chi connectivity index (χ3v) is 2.41. The zero-order valence-corrected chi connectivity index (χ0v) is 7.19. The third kappa shape index (κ3) is 1.26. The quantitative estimate of drug-likeness (QED) is 0.642. The molecule has 0 aromatic carbocycles. The van der Waals surface area contributed by atoms with E-state index in [0.717, 1.165) is 18.5 Å². The summed E-state index contributed by atoms with van der Waals surface area (Å²) in [5, 5.41) is 3.67. The van der Waals surface area contributed by atoms with Crippen LogP contribution in [0.4, 0.5) is 0 Å². The maximum atomic E-state index is 10.8. The van der Waals surface area contributed by atoms with Crippen LogP contribution in [0.15, 0.2) is 16.9 Å². The second-order valence-electron chi connectivity index (χ2n) is 2.89. The van der Waals surface area contributed by atoms with Crippen LogP contribution in [0.2, 0.25) is 5.15 Å². The molecule has 2 N–H and O–H groups in total. The average Bonchev–Trinajstić information content (AvgIpc) is 1.91. The van der Waals surface area contributed by atoms with Gasteiger partial charge in [0.15, 0.2) is 0 Å². The van der Waals surface area contributed by atoms with Crippen LogP contribution in [0, 0.1) is 0 Å². The van der Waals surface area contributed by atoms with E-state index in [2.05, 4.69) is 10.3 Å². The molecule has 0 unspecified atom stereocenters. The predicted molar refractivity (Wildman–Crippen MR) is 47.4 cm³/mol. The van der Waals surface area contributed by atoms with Crippen molar-refractivity contribution in [3.05, 3.63) is 33.2 Å². The predicted octanol–water partition coefficient (Wildman–Crippen LogP) is 1.06. The minimum Gasteiger partial charge on any atom is -0.313 e. The van der Waals surface area contributed by atoms with Gasteiger partial charge in [0, 0.05) is 17.7 Å². The fraction of sp³-hybridized carbons (Fsp3) is 0.375. The van der Waals surface area contributed by atoms with Gasteiger partial charge in [0.2, 0.25) is 5.56 Å². The lowest BCUT2D eigenvalue weighted by Gasteiger charge is -2.28. The van der Waals surface area contributed by atoms with Gasteiger partial charge >= 0.3 is 0 Å². The molecule has 0 saturated carbocycles. The number of aromatic nitrogens is 1. The molecule has 0 aliphatic carbocycles. The fourth-order valence-corrected chi connectivity index (χ4v) is 1.57. The molecule has 0 bridgehead atoms. The van der Waals surface area contributed by atoms with Crippen molar-refractivity contribution < 1.29 is 0 Å². The Kier molecular flexibility index (Phi) is 1.90. The average molecular weight is 185 g/mol. The monoisotopic (exact) mass is 184 g/mol. The van der Waals surface area contributed by atoms with Crippen LogP contribution in [0.3, 0.4) is 0 Å². The molecular formula is C8H9ClN2O. The Hall–Kier alpha value is -0.800. The summed E-state index contributed by atoms with van der Waals surface area (Å²) in [6.45, 7) is 1.03. The largest absolute Gasteiger partial charge is 0.313 e. The summed E-state index contributed by atoms with van der Waals surface area (Å²) < 4.78 is 0. The third-order valence-electron chi connectivity index (χ3n) is 2.10. The van der Waals surface area contributed by atoms with Crippen molar-refractivity contribution in [1.82, 2.24) is 10.3 Å². The molecule has 2 heterocycles. The van der Waals surface area contributed by atoms with Crippen LogP contribution in [0.25, 0.3) is 0 Å². The highest BCUT2D eigenvalue weighted by molar-refractivity contribution is 6.30. The first kappa shape index (κ1) is 7.83. The molecule has 4 heteroatoms. The summed E-state index contributed by atoms with van der Waals surface area (Å²) in [4.78, 5) is 13.4. The number of pyridine rings is 1. The van der Waals surface area contributed by atoms with Crippen molar-refractivity contribution in [2.45, 2.75) is 12.5 Å². The summed E-state index contributed by atoms with van der Waals surface area (Å²) in [5.41, 5.74) is 0.839. The summed E-state index contributed by atoms with van der Waals surface area (Å²) in [6, 6.07) is 3.61. The summed E-state index contributed by atoms with van der Waals surface area (Å²) in [7, 11) is 0. The standard InChI is InChI=1S/C8H9ClN2O/c9-8-5(6-3-4-10-6)1-2-7(12)11-8/h1-2,6,10H,3-4H2,(H,11,12)/t6-/m1/s1. The van der Waals surface area contributed by atoms with Crippen LogP contribution in [0.1, 0.15) is 18.0 Å². The lowest BCUT2D eigenvalue weighted by molar-refractivity contribution is 0.382. The topological polar surface area (TPSA) is 44.9 Å². The van der Waals surface area contributed by atoms with Crippen LogP contribution < -0.4 is 10.9 Å². The Morgan fingerprint density at radius 3 is 2.75 bits per heavy atom. The van der Waals surface area contributed by atoms with Crippen molar-refractivity contribution in [3.8, 4) is 0 Å². The van der Waals surface area contributed by atoms with Crippen molar-refractivity contribution in [1.29, 1.82) is 0 Å².